The van der Waals surface area contributed by atoms with Crippen molar-refractivity contribution in [3.8, 4) is 11.5 Å². The van der Waals surface area contributed by atoms with Crippen LogP contribution in [0.3, 0.4) is 0 Å². The molecule has 0 aliphatic carbocycles. The van der Waals surface area contributed by atoms with E-state index in [1.807, 2.05) is 0 Å². The molecule has 2 heterocycles. The lowest BCUT2D eigenvalue weighted by atomic mass is 10.1. The first kappa shape index (κ1) is 24.7. The molecular weight excluding hydrogens is 462 g/mol. The number of carbonyl (C=O) groups excluding carboxylic acids is 1. The van der Waals surface area contributed by atoms with E-state index in [2.05, 4.69) is 5.32 Å². The van der Waals surface area contributed by atoms with Gasteiger partial charge in [0.25, 0.3) is 5.91 Å². The van der Waals surface area contributed by atoms with Crippen molar-refractivity contribution < 1.29 is 35.8 Å². The molecule has 180 valence electrons. The molecule has 2 aliphatic rings. The first-order chi connectivity index (χ1) is 15.1. The molecule has 0 radical (unpaired) electrons. The lowest BCUT2D eigenvalue weighted by Crippen LogP contribution is -2.49. The normalized spacial score (nSPS) is 21.2. The van der Waals surface area contributed by atoms with Crippen molar-refractivity contribution >= 4 is 26.0 Å². The molecule has 2 saturated heterocycles. The number of piperidine rings is 1. The summed E-state index contributed by atoms with van der Waals surface area (Å²) in [6, 6.07) is 2.17. The van der Waals surface area contributed by atoms with Gasteiger partial charge >= 0.3 is 0 Å². The number of sulfonamides is 2. The molecule has 1 unspecified atom stereocenters. The van der Waals surface area contributed by atoms with Crippen LogP contribution in [-0.4, -0.2) is 97.3 Å². The van der Waals surface area contributed by atoms with Gasteiger partial charge in [-0.3, -0.25) is 4.79 Å². The molecule has 1 atom stereocenters. The van der Waals surface area contributed by atoms with Crippen molar-refractivity contribution in [3.63, 3.8) is 0 Å². The number of methoxy groups -OCH3 is 2. The molecule has 2 aliphatic heterocycles. The SMILES string of the molecule is COc1cc(S(=O)(=O)N2CCOCC2)cc(C(=O)NC2CCCN(S(C)(=O)=O)C2)c1OC. The van der Waals surface area contributed by atoms with Gasteiger partial charge in [-0.1, -0.05) is 0 Å². The molecule has 32 heavy (non-hydrogen) atoms. The molecule has 1 N–H and O–H groups in total. The van der Waals surface area contributed by atoms with E-state index in [4.69, 9.17) is 14.2 Å². The van der Waals surface area contributed by atoms with Gasteiger partial charge in [0.15, 0.2) is 11.5 Å². The number of morpholine rings is 1. The Labute approximate surface area is 188 Å². The Morgan fingerprint density at radius 2 is 1.75 bits per heavy atom. The number of hydrogen-bond donors (Lipinski definition) is 1. The van der Waals surface area contributed by atoms with E-state index in [1.165, 1.54) is 35.0 Å². The molecule has 11 nitrogen and oxygen atoms in total. The number of nitrogens with one attached hydrogen (secondary N) is 1. The standard InChI is InChI=1S/C19H29N3O8S2/c1-28-17-12-15(32(26,27)21-7-9-30-10-8-21)11-16(18(17)29-2)19(23)20-14-5-4-6-22(13-14)31(3,24)25/h11-12,14H,4-10,13H2,1-3H3,(H,20,23). The molecule has 0 aromatic heterocycles. The van der Waals surface area contributed by atoms with E-state index in [0.717, 1.165) is 6.26 Å². The highest BCUT2D eigenvalue weighted by Crippen LogP contribution is 2.35. The summed E-state index contributed by atoms with van der Waals surface area (Å²) >= 11 is 0. The van der Waals surface area contributed by atoms with Gasteiger partial charge in [0.1, 0.15) is 0 Å². The lowest BCUT2D eigenvalue weighted by molar-refractivity contribution is 0.0730. The molecule has 3 rings (SSSR count). The Balaban J connectivity index is 1.92. The first-order valence-electron chi connectivity index (χ1n) is 10.2. The fourth-order valence-corrected chi connectivity index (χ4v) is 6.18. The number of hydrogen-bond acceptors (Lipinski definition) is 8. The maximum atomic E-state index is 13.1. The highest BCUT2D eigenvalue weighted by molar-refractivity contribution is 7.89. The van der Waals surface area contributed by atoms with E-state index in [1.54, 1.807) is 0 Å². The predicted octanol–water partition coefficient (Wildman–Crippen LogP) is -0.121. The summed E-state index contributed by atoms with van der Waals surface area (Å²) in [6.45, 7) is 1.55. The topological polar surface area (TPSA) is 132 Å². The summed E-state index contributed by atoms with van der Waals surface area (Å²) in [4.78, 5) is 13.0. The zero-order chi connectivity index (χ0) is 23.5. The first-order valence-corrected chi connectivity index (χ1v) is 13.5. The van der Waals surface area contributed by atoms with Crippen molar-refractivity contribution in [2.75, 3.05) is 59.9 Å². The van der Waals surface area contributed by atoms with Gasteiger partial charge in [-0.05, 0) is 18.9 Å². The van der Waals surface area contributed by atoms with Crippen molar-refractivity contribution in [1.82, 2.24) is 13.9 Å². The Bertz CT molecular complexity index is 1050. The van der Waals surface area contributed by atoms with E-state index < -0.39 is 32.0 Å². The second kappa shape index (κ2) is 9.91. The zero-order valence-corrected chi connectivity index (χ0v) is 20.0. The summed E-state index contributed by atoms with van der Waals surface area (Å²) in [5, 5.41) is 2.81. The smallest absolute Gasteiger partial charge is 0.255 e. The van der Waals surface area contributed by atoms with Gasteiger partial charge in [-0.15, -0.1) is 0 Å². The van der Waals surface area contributed by atoms with Crippen molar-refractivity contribution in [1.29, 1.82) is 0 Å². The van der Waals surface area contributed by atoms with Gasteiger partial charge in [0, 0.05) is 38.3 Å². The highest BCUT2D eigenvalue weighted by Gasteiger charge is 2.32. The largest absolute Gasteiger partial charge is 0.493 e. The Kier molecular flexibility index (Phi) is 7.65. The van der Waals surface area contributed by atoms with Gasteiger partial charge in [0.2, 0.25) is 20.0 Å². The van der Waals surface area contributed by atoms with Crippen LogP contribution in [-0.2, 0) is 24.8 Å². The van der Waals surface area contributed by atoms with Crippen LogP contribution in [0.5, 0.6) is 11.5 Å². The van der Waals surface area contributed by atoms with E-state index in [9.17, 15) is 21.6 Å². The Morgan fingerprint density at radius 3 is 2.34 bits per heavy atom. The summed E-state index contributed by atoms with van der Waals surface area (Å²) in [6.07, 6.45) is 2.33. The molecule has 1 amide bonds. The molecular formula is C19H29N3O8S2. The lowest BCUT2D eigenvalue weighted by Gasteiger charge is -2.31. The predicted molar refractivity (Wildman–Crippen MR) is 116 cm³/mol. The van der Waals surface area contributed by atoms with E-state index >= 15 is 0 Å². The number of ether oxygens (including phenoxy) is 3. The monoisotopic (exact) mass is 491 g/mol. The third-order valence-electron chi connectivity index (χ3n) is 5.49. The molecule has 13 heteroatoms. The summed E-state index contributed by atoms with van der Waals surface area (Å²) in [5.41, 5.74) is -0.00448. The van der Waals surface area contributed by atoms with Gasteiger partial charge in [-0.25, -0.2) is 21.1 Å². The van der Waals surface area contributed by atoms with Crippen LogP contribution < -0.4 is 14.8 Å². The van der Waals surface area contributed by atoms with Crippen LogP contribution in [0.1, 0.15) is 23.2 Å². The van der Waals surface area contributed by atoms with Gasteiger partial charge in [0.05, 0.1) is 44.1 Å². The number of carbonyl (C=O) groups is 1. The van der Waals surface area contributed by atoms with Crippen molar-refractivity contribution in [3.05, 3.63) is 17.7 Å². The number of nitrogens with zero attached hydrogens (tertiary/aromatic N) is 2. The molecule has 0 bridgehead atoms. The summed E-state index contributed by atoms with van der Waals surface area (Å²) in [5.74, 6) is -0.366. The van der Waals surface area contributed by atoms with Gasteiger partial charge in [-0.2, -0.15) is 4.31 Å². The van der Waals surface area contributed by atoms with Crippen LogP contribution >= 0.6 is 0 Å². The Morgan fingerprint density at radius 1 is 1.06 bits per heavy atom. The second-order valence-electron chi connectivity index (χ2n) is 7.66. The number of amides is 1. The van der Waals surface area contributed by atoms with Crippen LogP contribution in [0.25, 0.3) is 0 Å². The zero-order valence-electron chi connectivity index (χ0n) is 18.4. The second-order valence-corrected chi connectivity index (χ2v) is 11.6. The minimum atomic E-state index is -3.89. The molecule has 0 spiro atoms. The summed E-state index contributed by atoms with van der Waals surface area (Å²) < 4.78 is 68.5. The third-order valence-corrected chi connectivity index (χ3v) is 8.64. The summed E-state index contributed by atoms with van der Waals surface area (Å²) in [7, 11) is -4.55. The van der Waals surface area contributed by atoms with Crippen LogP contribution in [0.15, 0.2) is 17.0 Å². The molecule has 0 saturated carbocycles. The van der Waals surface area contributed by atoms with Crippen LogP contribution in [0.4, 0.5) is 0 Å². The fourth-order valence-electron chi connectivity index (χ4n) is 3.82. The minimum absolute atomic E-state index is 0.00448. The number of benzene rings is 1. The van der Waals surface area contributed by atoms with Crippen LogP contribution in [0, 0.1) is 0 Å². The van der Waals surface area contributed by atoms with E-state index in [-0.39, 0.29) is 41.6 Å². The third kappa shape index (κ3) is 5.34. The average molecular weight is 492 g/mol. The minimum Gasteiger partial charge on any atom is -0.493 e. The number of rotatable bonds is 7. The van der Waals surface area contributed by atoms with Crippen molar-refractivity contribution in [2.45, 2.75) is 23.8 Å². The molecule has 2 fully saturated rings. The van der Waals surface area contributed by atoms with Crippen molar-refractivity contribution in [2.24, 2.45) is 0 Å². The van der Waals surface area contributed by atoms with Crippen LogP contribution in [0.2, 0.25) is 0 Å². The van der Waals surface area contributed by atoms with Gasteiger partial charge < -0.3 is 19.5 Å². The highest BCUT2D eigenvalue weighted by atomic mass is 32.2. The molecule has 1 aromatic carbocycles. The average Bonchev–Trinajstić information content (AvgIpc) is 2.78. The van der Waals surface area contributed by atoms with E-state index in [0.29, 0.717) is 32.6 Å². The quantitative estimate of drug-likeness (QED) is 0.558. The Hall–Kier alpha value is -1.93. The maximum absolute atomic E-state index is 13.1. The maximum Gasteiger partial charge on any atom is 0.255 e. The fraction of sp³-hybridized carbons (Fsp3) is 0.632. The molecule has 1 aromatic rings.